The predicted molar refractivity (Wildman–Crippen MR) is 98.4 cm³/mol. The highest BCUT2D eigenvalue weighted by atomic mass is 16.6. The van der Waals surface area contributed by atoms with E-state index in [1.165, 1.54) is 7.11 Å². The molecule has 0 bridgehead atoms. The van der Waals surface area contributed by atoms with Crippen molar-refractivity contribution in [3.63, 3.8) is 0 Å². The topological polar surface area (TPSA) is 79.3 Å². The van der Waals surface area contributed by atoms with Crippen molar-refractivity contribution >= 4 is 5.97 Å². The molecule has 1 saturated heterocycles. The van der Waals surface area contributed by atoms with Gasteiger partial charge in [0.15, 0.2) is 0 Å². The van der Waals surface area contributed by atoms with Gasteiger partial charge in [-0.1, -0.05) is 27.2 Å². The monoisotopic (exact) mass is 368 g/mol. The molecule has 0 amide bonds. The molecule has 1 aliphatic heterocycles. The zero-order valence-electron chi connectivity index (χ0n) is 17.0. The van der Waals surface area contributed by atoms with Gasteiger partial charge < -0.3 is 19.7 Å². The fraction of sp³-hybridized carbons (Fsp3) is 0.952. The van der Waals surface area contributed by atoms with Crippen molar-refractivity contribution in [3.05, 3.63) is 0 Å². The molecule has 3 aliphatic rings. The molecule has 26 heavy (non-hydrogen) atoms. The zero-order chi connectivity index (χ0) is 19.3. The van der Waals surface area contributed by atoms with Crippen molar-refractivity contribution < 1.29 is 24.5 Å². The van der Waals surface area contributed by atoms with Crippen LogP contribution in [-0.4, -0.2) is 47.7 Å². The van der Waals surface area contributed by atoms with Crippen molar-refractivity contribution in [1.82, 2.24) is 0 Å². The highest BCUT2D eigenvalue weighted by molar-refractivity contribution is 5.77. The number of rotatable bonds is 6. The Bertz CT molecular complexity index is 549. The largest absolute Gasteiger partial charge is 0.469 e. The molecule has 0 aromatic rings. The third-order valence-corrected chi connectivity index (χ3v) is 8.08. The summed E-state index contributed by atoms with van der Waals surface area (Å²) in [4.78, 5) is 12.7. The van der Waals surface area contributed by atoms with Crippen LogP contribution >= 0.6 is 0 Å². The SMILES string of the molecule is COC(=O)[C@]1(C)CCC[C@]2(C)[C@@H](CC[C@@H](O)C(C)C)[C@]3(CO)O[C@@H]3C[C@H]21. The Morgan fingerprint density at radius 3 is 2.58 bits per heavy atom. The molecule has 150 valence electrons. The summed E-state index contributed by atoms with van der Waals surface area (Å²) in [6, 6.07) is 0. The van der Waals surface area contributed by atoms with Crippen LogP contribution < -0.4 is 0 Å². The van der Waals surface area contributed by atoms with Crippen molar-refractivity contribution in [2.24, 2.45) is 28.6 Å². The number of epoxide rings is 1. The van der Waals surface area contributed by atoms with Gasteiger partial charge in [-0.3, -0.25) is 4.79 Å². The molecule has 5 heteroatoms. The number of methoxy groups -OCH3 is 1. The molecule has 2 saturated carbocycles. The number of carbonyl (C=O) groups is 1. The molecule has 2 aliphatic carbocycles. The fourth-order valence-corrected chi connectivity index (χ4v) is 6.39. The van der Waals surface area contributed by atoms with Crippen molar-refractivity contribution in [1.29, 1.82) is 0 Å². The summed E-state index contributed by atoms with van der Waals surface area (Å²) in [6.07, 6.45) is 4.87. The van der Waals surface area contributed by atoms with Gasteiger partial charge in [-0.25, -0.2) is 0 Å². The summed E-state index contributed by atoms with van der Waals surface area (Å²) >= 11 is 0. The van der Waals surface area contributed by atoms with Crippen LogP contribution in [0.25, 0.3) is 0 Å². The molecule has 1 heterocycles. The average Bonchev–Trinajstić information content (AvgIpc) is 3.32. The average molecular weight is 369 g/mol. The lowest BCUT2D eigenvalue weighted by molar-refractivity contribution is -0.171. The molecule has 5 nitrogen and oxygen atoms in total. The Morgan fingerprint density at radius 2 is 2.00 bits per heavy atom. The van der Waals surface area contributed by atoms with E-state index in [1.807, 2.05) is 13.8 Å². The minimum absolute atomic E-state index is 0.0221. The minimum atomic E-state index is -0.496. The third kappa shape index (κ3) is 2.82. The predicted octanol–water partition coefficient (Wildman–Crippen LogP) is 2.92. The lowest BCUT2D eigenvalue weighted by atomic mass is 9.45. The first-order valence-corrected chi connectivity index (χ1v) is 10.2. The number of aliphatic hydroxyl groups excluding tert-OH is 2. The van der Waals surface area contributed by atoms with Crippen LogP contribution in [-0.2, 0) is 14.3 Å². The summed E-state index contributed by atoms with van der Waals surface area (Å²) < 4.78 is 11.3. The lowest BCUT2D eigenvalue weighted by Crippen LogP contribution is -2.58. The molecule has 3 rings (SSSR count). The number of hydrogen-bond donors (Lipinski definition) is 2. The van der Waals surface area contributed by atoms with E-state index in [9.17, 15) is 15.0 Å². The molecule has 0 aromatic carbocycles. The van der Waals surface area contributed by atoms with Gasteiger partial charge >= 0.3 is 5.97 Å². The number of esters is 1. The van der Waals surface area contributed by atoms with E-state index in [1.54, 1.807) is 0 Å². The Morgan fingerprint density at radius 1 is 1.31 bits per heavy atom. The Labute approximate surface area is 157 Å². The van der Waals surface area contributed by atoms with Crippen molar-refractivity contribution in [2.45, 2.75) is 84.0 Å². The highest BCUT2D eigenvalue weighted by Gasteiger charge is 2.73. The number of fused-ring (bicyclic) bond motifs is 2. The molecule has 2 N–H and O–H groups in total. The molecule has 7 atom stereocenters. The molecule has 3 fully saturated rings. The third-order valence-electron chi connectivity index (χ3n) is 8.08. The van der Waals surface area contributed by atoms with E-state index in [2.05, 4.69) is 13.8 Å². The molecule has 0 unspecified atom stereocenters. The second-order valence-electron chi connectivity index (χ2n) is 9.72. The number of carbonyl (C=O) groups excluding carboxylic acids is 1. The first kappa shape index (κ1) is 20.1. The standard InChI is InChI=1S/C21H36O5/c1-13(2)14(23)7-8-15-19(3)9-6-10-20(4,18(24)25-5)16(19)11-17-21(15,12-22)26-17/h13-17,22-23H,6-12H2,1-5H3/t14-,15-,16-,17-,19-,20-,21+/m1/s1. The van der Waals surface area contributed by atoms with Crippen LogP contribution in [0.1, 0.15) is 66.2 Å². The van der Waals surface area contributed by atoms with Crippen molar-refractivity contribution in [2.75, 3.05) is 13.7 Å². The van der Waals surface area contributed by atoms with Gasteiger partial charge in [-0.05, 0) is 62.2 Å². The normalized spacial score (nSPS) is 45.6. The molecule has 0 radical (unpaired) electrons. The molecular formula is C21H36O5. The Balaban J connectivity index is 1.92. The minimum Gasteiger partial charge on any atom is -0.469 e. The summed E-state index contributed by atoms with van der Waals surface area (Å²) in [5, 5.41) is 20.5. The van der Waals surface area contributed by atoms with Crippen LogP contribution in [0.15, 0.2) is 0 Å². The van der Waals surface area contributed by atoms with Gasteiger partial charge in [-0.2, -0.15) is 0 Å². The van der Waals surface area contributed by atoms with Crippen LogP contribution in [0.3, 0.4) is 0 Å². The highest BCUT2D eigenvalue weighted by Crippen LogP contribution is 2.69. The zero-order valence-corrected chi connectivity index (χ0v) is 17.0. The Kier molecular flexibility index (Phi) is 5.22. The maximum atomic E-state index is 12.7. The maximum Gasteiger partial charge on any atom is 0.311 e. The fourth-order valence-electron chi connectivity index (χ4n) is 6.39. The van der Waals surface area contributed by atoms with E-state index in [4.69, 9.17) is 9.47 Å². The van der Waals surface area contributed by atoms with Crippen LogP contribution in [0, 0.1) is 28.6 Å². The summed E-state index contributed by atoms with van der Waals surface area (Å²) in [5.74, 6) is 0.437. The first-order chi connectivity index (χ1) is 12.2. The first-order valence-electron chi connectivity index (χ1n) is 10.2. The summed E-state index contributed by atoms with van der Waals surface area (Å²) in [6.45, 7) is 8.42. The number of hydrogen-bond acceptors (Lipinski definition) is 5. The van der Waals surface area contributed by atoms with Gasteiger partial charge in [0, 0.05) is 0 Å². The van der Waals surface area contributed by atoms with Gasteiger partial charge in [0.1, 0.15) is 5.60 Å². The van der Waals surface area contributed by atoms with Crippen molar-refractivity contribution in [3.8, 4) is 0 Å². The van der Waals surface area contributed by atoms with E-state index >= 15 is 0 Å². The van der Waals surface area contributed by atoms with Gasteiger partial charge in [0.05, 0.1) is 31.3 Å². The second-order valence-corrected chi connectivity index (χ2v) is 9.72. The molecule has 0 spiro atoms. The number of ether oxygens (including phenoxy) is 2. The number of aliphatic hydroxyl groups is 2. The van der Waals surface area contributed by atoms with Gasteiger partial charge in [0.2, 0.25) is 0 Å². The van der Waals surface area contributed by atoms with Gasteiger partial charge in [-0.15, -0.1) is 0 Å². The summed E-state index contributed by atoms with van der Waals surface area (Å²) in [7, 11) is 1.48. The van der Waals surface area contributed by atoms with Crippen LogP contribution in [0.5, 0.6) is 0 Å². The quantitative estimate of drug-likeness (QED) is 0.557. The van der Waals surface area contributed by atoms with E-state index in [0.29, 0.717) is 6.42 Å². The molecule has 0 aromatic heterocycles. The Hall–Kier alpha value is -0.650. The maximum absolute atomic E-state index is 12.7. The smallest absolute Gasteiger partial charge is 0.311 e. The van der Waals surface area contributed by atoms with Crippen LogP contribution in [0.2, 0.25) is 0 Å². The molecular weight excluding hydrogens is 332 g/mol. The second kappa shape index (κ2) is 6.75. The van der Waals surface area contributed by atoms with E-state index < -0.39 is 11.0 Å². The van der Waals surface area contributed by atoms with E-state index in [-0.39, 0.29) is 48.0 Å². The summed E-state index contributed by atoms with van der Waals surface area (Å²) in [5.41, 5.74) is -1.06. The van der Waals surface area contributed by atoms with Gasteiger partial charge in [0.25, 0.3) is 0 Å². The lowest BCUT2D eigenvalue weighted by Gasteiger charge is -2.57. The van der Waals surface area contributed by atoms with Crippen LogP contribution in [0.4, 0.5) is 0 Å². The van der Waals surface area contributed by atoms with E-state index in [0.717, 1.165) is 32.1 Å².